The lowest BCUT2D eigenvalue weighted by atomic mass is 10.1. The van der Waals surface area contributed by atoms with Crippen LogP contribution in [0.15, 0.2) is 121 Å². The van der Waals surface area contributed by atoms with Crippen LogP contribution < -0.4 is 10.6 Å². The van der Waals surface area contributed by atoms with Gasteiger partial charge in [-0.1, -0.05) is 121 Å². The van der Waals surface area contributed by atoms with E-state index in [9.17, 15) is 9.59 Å². The molecule has 1 fully saturated rings. The van der Waals surface area contributed by atoms with Crippen LogP contribution in [0.1, 0.15) is 36.0 Å². The number of hydrogen-bond acceptors (Lipinski definition) is 3. The maximum absolute atomic E-state index is 13.9. The molecule has 0 N–H and O–H groups in total. The third-order valence-corrected chi connectivity index (χ3v) is 9.81. The summed E-state index contributed by atoms with van der Waals surface area (Å²) >= 11 is 0. The van der Waals surface area contributed by atoms with Gasteiger partial charge in [-0.05, 0) is 42.5 Å². The highest BCUT2D eigenvalue weighted by molar-refractivity contribution is 7.73. The van der Waals surface area contributed by atoms with Gasteiger partial charge >= 0.3 is 5.97 Å². The molecule has 1 amide bonds. The molecule has 1 saturated heterocycles. The first-order chi connectivity index (χ1) is 18.7. The van der Waals surface area contributed by atoms with Crippen LogP contribution in [0.25, 0.3) is 0 Å². The summed E-state index contributed by atoms with van der Waals surface area (Å²) in [5, 5.41) is 2.46. The summed E-state index contributed by atoms with van der Waals surface area (Å²) in [6, 6.07) is 40.4. The van der Waals surface area contributed by atoms with Gasteiger partial charge in [0.25, 0.3) is 0 Å². The van der Waals surface area contributed by atoms with Crippen LogP contribution in [0.5, 0.6) is 0 Å². The van der Waals surface area contributed by atoms with E-state index in [0.29, 0.717) is 19.4 Å². The Balaban J connectivity index is 1.40. The Morgan fingerprint density at radius 3 is 1.87 bits per heavy atom. The minimum atomic E-state index is -0.868. The Morgan fingerprint density at radius 1 is 0.763 bits per heavy atom. The average molecular weight is 522 g/mol. The molecule has 38 heavy (non-hydrogen) atoms. The van der Waals surface area contributed by atoms with Crippen molar-refractivity contribution in [3.63, 3.8) is 0 Å². The molecule has 4 nitrogen and oxygen atoms in total. The fourth-order valence-electron chi connectivity index (χ4n) is 5.14. The highest BCUT2D eigenvalue weighted by Gasteiger charge is 2.37. The molecule has 5 heteroatoms. The quantitative estimate of drug-likeness (QED) is 0.201. The molecule has 0 unspecified atom stereocenters. The van der Waals surface area contributed by atoms with E-state index in [0.717, 1.165) is 17.5 Å². The monoisotopic (exact) mass is 521 g/mol. The Bertz CT molecular complexity index is 1280. The topological polar surface area (TPSA) is 46.6 Å². The SMILES string of the molecule is O=C(OCc1ccccc1)[C@@H]1CCCN1C(=O)C[C@@H](c1ccccc1)P(c1ccccc1)c1ccccc1. The minimum absolute atomic E-state index is 0.0115. The van der Waals surface area contributed by atoms with E-state index >= 15 is 0 Å². The summed E-state index contributed by atoms with van der Waals surface area (Å²) in [5.74, 6) is -0.304. The number of amides is 1. The van der Waals surface area contributed by atoms with E-state index in [1.165, 1.54) is 10.6 Å². The Labute approximate surface area is 226 Å². The second-order valence-corrected chi connectivity index (χ2v) is 11.9. The number of ether oxygens (including phenoxy) is 1. The molecule has 0 saturated carbocycles. The molecular formula is C33H32NO3P. The third kappa shape index (κ3) is 6.20. The predicted octanol–water partition coefficient (Wildman–Crippen LogP) is 5.99. The second-order valence-electron chi connectivity index (χ2n) is 9.51. The number of nitrogens with zero attached hydrogens (tertiary/aromatic N) is 1. The largest absolute Gasteiger partial charge is 0.459 e. The number of likely N-dealkylation sites (tertiary alicyclic amines) is 1. The molecule has 4 aromatic rings. The van der Waals surface area contributed by atoms with Crippen molar-refractivity contribution in [2.75, 3.05) is 6.54 Å². The van der Waals surface area contributed by atoms with E-state index in [-0.39, 0.29) is 24.1 Å². The van der Waals surface area contributed by atoms with Crippen LogP contribution in [0, 0.1) is 0 Å². The summed E-state index contributed by atoms with van der Waals surface area (Å²) in [6.45, 7) is 0.804. The van der Waals surface area contributed by atoms with Crippen LogP contribution in [-0.4, -0.2) is 29.4 Å². The lowest BCUT2D eigenvalue weighted by molar-refractivity contribution is -0.154. The van der Waals surface area contributed by atoms with E-state index in [4.69, 9.17) is 4.74 Å². The molecule has 192 valence electrons. The molecule has 0 spiro atoms. The first-order valence-corrected chi connectivity index (χ1v) is 14.6. The van der Waals surface area contributed by atoms with Gasteiger partial charge in [0, 0.05) is 18.6 Å². The maximum atomic E-state index is 13.9. The summed E-state index contributed by atoms with van der Waals surface area (Å²) in [6.07, 6.45) is 1.78. The summed E-state index contributed by atoms with van der Waals surface area (Å²) in [4.78, 5) is 28.7. The van der Waals surface area contributed by atoms with Gasteiger partial charge in [0.05, 0.1) is 0 Å². The van der Waals surface area contributed by atoms with Crippen LogP contribution in [0.4, 0.5) is 0 Å². The molecule has 1 aliphatic rings. The summed E-state index contributed by atoms with van der Waals surface area (Å²) in [5.41, 5.74) is 2.06. The molecule has 1 aliphatic heterocycles. The smallest absolute Gasteiger partial charge is 0.329 e. The zero-order chi connectivity index (χ0) is 26.2. The Morgan fingerprint density at radius 2 is 1.29 bits per heavy atom. The number of hydrogen-bond donors (Lipinski definition) is 0. The average Bonchev–Trinajstić information content (AvgIpc) is 3.48. The molecule has 0 radical (unpaired) electrons. The van der Waals surface area contributed by atoms with Gasteiger partial charge in [0.2, 0.25) is 5.91 Å². The van der Waals surface area contributed by atoms with Crippen molar-refractivity contribution in [3.05, 3.63) is 132 Å². The summed E-state index contributed by atoms with van der Waals surface area (Å²) in [7, 11) is -0.868. The maximum Gasteiger partial charge on any atom is 0.329 e. The van der Waals surface area contributed by atoms with Crippen molar-refractivity contribution in [2.24, 2.45) is 0 Å². The van der Waals surface area contributed by atoms with Crippen molar-refractivity contribution in [3.8, 4) is 0 Å². The minimum Gasteiger partial charge on any atom is -0.459 e. The van der Waals surface area contributed by atoms with Crippen molar-refractivity contribution in [2.45, 2.75) is 37.6 Å². The van der Waals surface area contributed by atoms with E-state index in [2.05, 4.69) is 60.7 Å². The fourth-order valence-corrected chi connectivity index (χ4v) is 7.95. The van der Waals surface area contributed by atoms with E-state index < -0.39 is 14.0 Å². The first kappa shape index (κ1) is 25.9. The number of benzene rings is 4. The van der Waals surface area contributed by atoms with Crippen LogP contribution in [0.3, 0.4) is 0 Å². The number of carbonyl (C=O) groups excluding carboxylic acids is 2. The molecule has 4 aromatic carbocycles. The highest BCUT2D eigenvalue weighted by atomic mass is 31.1. The number of esters is 1. The highest BCUT2D eigenvalue weighted by Crippen LogP contribution is 2.51. The van der Waals surface area contributed by atoms with Gasteiger partial charge in [0.1, 0.15) is 12.6 Å². The molecule has 1 heterocycles. The van der Waals surface area contributed by atoms with E-state index in [1.54, 1.807) is 4.90 Å². The standard InChI is InChI=1S/C33H32NO3P/c35-32(34-23-13-22-30(34)33(36)37-25-26-14-5-1-6-15-26)24-31(27-16-7-2-8-17-27)38(28-18-9-3-10-19-28)29-20-11-4-12-21-29/h1-12,14-21,30-31H,13,22-25H2/t30-,31-/m0/s1. The van der Waals surface area contributed by atoms with Crippen molar-refractivity contribution >= 4 is 30.4 Å². The van der Waals surface area contributed by atoms with Gasteiger partial charge in [0.15, 0.2) is 0 Å². The number of rotatable bonds is 9. The molecule has 0 aromatic heterocycles. The van der Waals surface area contributed by atoms with Crippen LogP contribution in [-0.2, 0) is 20.9 Å². The Hall–Kier alpha value is -3.75. The Kier molecular flexibility index (Phi) is 8.63. The lowest BCUT2D eigenvalue weighted by Crippen LogP contribution is -2.42. The molecule has 5 rings (SSSR count). The first-order valence-electron chi connectivity index (χ1n) is 13.1. The van der Waals surface area contributed by atoms with Gasteiger partial charge in [-0.2, -0.15) is 0 Å². The second kappa shape index (κ2) is 12.7. The molecule has 2 atom stereocenters. The molecule has 0 aliphatic carbocycles. The zero-order valence-corrected chi connectivity index (χ0v) is 22.3. The van der Waals surface area contributed by atoms with Crippen molar-refractivity contribution in [1.82, 2.24) is 4.90 Å². The molecule has 0 bridgehead atoms. The zero-order valence-electron chi connectivity index (χ0n) is 21.4. The summed E-state index contributed by atoms with van der Waals surface area (Å²) < 4.78 is 5.64. The van der Waals surface area contributed by atoms with Gasteiger partial charge < -0.3 is 9.64 Å². The normalized spacial score (nSPS) is 15.8. The van der Waals surface area contributed by atoms with E-state index in [1.807, 2.05) is 60.7 Å². The lowest BCUT2D eigenvalue weighted by Gasteiger charge is -2.31. The molecular weight excluding hydrogens is 489 g/mol. The van der Waals surface area contributed by atoms with Crippen molar-refractivity contribution in [1.29, 1.82) is 0 Å². The fraction of sp³-hybridized carbons (Fsp3) is 0.212. The van der Waals surface area contributed by atoms with Gasteiger partial charge in [-0.3, -0.25) is 4.79 Å². The number of carbonyl (C=O) groups is 2. The third-order valence-electron chi connectivity index (χ3n) is 7.00. The van der Waals surface area contributed by atoms with Gasteiger partial charge in [-0.25, -0.2) is 4.79 Å². The van der Waals surface area contributed by atoms with Crippen LogP contribution >= 0.6 is 7.92 Å². The van der Waals surface area contributed by atoms with Crippen LogP contribution in [0.2, 0.25) is 0 Å². The predicted molar refractivity (Wildman–Crippen MR) is 154 cm³/mol. The van der Waals surface area contributed by atoms with Gasteiger partial charge in [-0.15, -0.1) is 0 Å². The van der Waals surface area contributed by atoms with Crippen molar-refractivity contribution < 1.29 is 14.3 Å².